The molecule has 0 aliphatic heterocycles. The van der Waals surface area contributed by atoms with Crippen molar-refractivity contribution in [2.24, 2.45) is 0 Å². The van der Waals surface area contributed by atoms with Gasteiger partial charge in [0.2, 0.25) is 0 Å². The lowest BCUT2D eigenvalue weighted by molar-refractivity contribution is 0.413. The Morgan fingerprint density at radius 1 is 1.15 bits per heavy atom. The molecule has 2 aromatic rings. The van der Waals surface area contributed by atoms with Gasteiger partial charge in [-0.1, -0.05) is 6.92 Å². The normalized spacial score (nSPS) is 10.4. The van der Waals surface area contributed by atoms with E-state index in [4.69, 9.17) is 4.74 Å². The van der Waals surface area contributed by atoms with E-state index in [2.05, 4.69) is 41.3 Å². The second-order valence-electron chi connectivity index (χ2n) is 4.69. The molecule has 0 aromatic carbocycles. The third kappa shape index (κ3) is 2.87. The van der Waals surface area contributed by atoms with Crippen molar-refractivity contribution in [3.63, 3.8) is 0 Å². The van der Waals surface area contributed by atoms with Crippen LogP contribution in [0, 0.1) is 13.8 Å². The van der Waals surface area contributed by atoms with E-state index in [1.165, 1.54) is 0 Å². The molecule has 2 heterocycles. The van der Waals surface area contributed by atoms with Crippen molar-refractivity contribution in [3.8, 4) is 17.0 Å². The van der Waals surface area contributed by atoms with Gasteiger partial charge in [-0.15, -0.1) is 10.2 Å². The van der Waals surface area contributed by atoms with Crippen LogP contribution in [0.3, 0.4) is 0 Å². The zero-order chi connectivity index (χ0) is 14.5. The van der Waals surface area contributed by atoms with Crippen LogP contribution in [0.15, 0.2) is 18.5 Å². The molecule has 0 unspecified atom stereocenters. The molecule has 5 heteroatoms. The predicted octanol–water partition coefficient (Wildman–Crippen LogP) is 2.99. The van der Waals surface area contributed by atoms with E-state index < -0.39 is 0 Å². The van der Waals surface area contributed by atoms with Crippen LogP contribution in [0.2, 0.25) is 0 Å². The molecule has 0 radical (unpaired) electrons. The smallest absolute Gasteiger partial charge is 0.151 e. The number of rotatable bonds is 5. The lowest BCUT2D eigenvalue weighted by atomic mass is 10.1. The summed E-state index contributed by atoms with van der Waals surface area (Å²) in [5.74, 6) is 1.57. The molecule has 0 amide bonds. The molecule has 106 valence electrons. The van der Waals surface area contributed by atoms with Gasteiger partial charge in [0.25, 0.3) is 0 Å². The highest BCUT2D eigenvalue weighted by molar-refractivity contribution is 5.66. The van der Waals surface area contributed by atoms with Gasteiger partial charge in [-0.05, 0) is 37.5 Å². The summed E-state index contributed by atoms with van der Waals surface area (Å²) in [6.07, 6.45) is 4.51. The second-order valence-corrected chi connectivity index (χ2v) is 4.69. The van der Waals surface area contributed by atoms with Gasteiger partial charge in [0.05, 0.1) is 19.0 Å². The maximum absolute atomic E-state index is 5.20. The number of nitrogens with one attached hydrogen (secondary N) is 1. The summed E-state index contributed by atoms with van der Waals surface area (Å²) in [6, 6.07) is 1.92. The zero-order valence-corrected chi connectivity index (χ0v) is 12.4. The Bertz CT molecular complexity index is 598. The molecule has 0 bridgehead atoms. The van der Waals surface area contributed by atoms with Crippen molar-refractivity contribution in [1.29, 1.82) is 0 Å². The first-order chi connectivity index (χ1) is 9.67. The van der Waals surface area contributed by atoms with E-state index in [1.54, 1.807) is 19.5 Å². The van der Waals surface area contributed by atoms with Gasteiger partial charge in [-0.2, -0.15) is 0 Å². The van der Waals surface area contributed by atoms with Crippen LogP contribution in [0.25, 0.3) is 11.3 Å². The van der Waals surface area contributed by atoms with Crippen molar-refractivity contribution in [1.82, 2.24) is 15.2 Å². The summed E-state index contributed by atoms with van der Waals surface area (Å²) in [6.45, 7) is 7.13. The molecule has 0 spiro atoms. The fourth-order valence-corrected chi connectivity index (χ4v) is 1.95. The molecule has 20 heavy (non-hydrogen) atoms. The van der Waals surface area contributed by atoms with Crippen molar-refractivity contribution in [2.45, 2.75) is 27.2 Å². The summed E-state index contributed by atoms with van der Waals surface area (Å²) in [7, 11) is 1.63. The maximum Gasteiger partial charge on any atom is 0.151 e. The number of hydrogen-bond donors (Lipinski definition) is 1. The van der Waals surface area contributed by atoms with Gasteiger partial charge < -0.3 is 10.1 Å². The zero-order valence-electron chi connectivity index (χ0n) is 12.4. The second kappa shape index (κ2) is 6.32. The molecular formula is C15H20N4O. The van der Waals surface area contributed by atoms with E-state index in [0.717, 1.165) is 46.9 Å². The molecule has 1 N–H and O–H groups in total. The molecule has 0 saturated carbocycles. The first kappa shape index (κ1) is 14.2. The number of nitrogens with zero attached hydrogens (tertiary/aromatic N) is 3. The minimum atomic E-state index is 0.717. The minimum absolute atomic E-state index is 0.717. The van der Waals surface area contributed by atoms with E-state index >= 15 is 0 Å². The predicted molar refractivity (Wildman–Crippen MR) is 80.1 cm³/mol. The highest BCUT2D eigenvalue weighted by Crippen LogP contribution is 2.27. The average Bonchev–Trinajstić information content (AvgIpc) is 2.49. The van der Waals surface area contributed by atoms with Crippen molar-refractivity contribution in [2.75, 3.05) is 19.0 Å². The highest BCUT2D eigenvalue weighted by Gasteiger charge is 2.12. The summed E-state index contributed by atoms with van der Waals surface area (Å²) >= 11 is 0. The van der Waals surface area contributed by atoms with Gasteiger partial charge in [0, 0.05) is 18.3 Å². The van der Waals surface area contributed by atoms with Crippen LogP contribution < -0.4 is 10.1 Å². The van der Waals surface area contributed by atoms with Crippen LogP contribution in [0.5, 0.6) is 5.75 Å². The number of ether oxygens (including phenoxy) is 1. The Kier molecular flexibility index (Phi) is 4.50. The molecule has 0 aliphatic carbocycles. The van der Waals surface area contributed by atoms with Crippen molar-refractivity contribution in [3.05, 3.63) is 29.6 Å². The summed E-state index contributed by atoms with van der Waals surface area (Å²) < 4.78 is 5.20. The van der Waals surface area contributed by atoms with E-state index in [0.29, 0.717) is 0 Å². The largest absolute Gasteiger partial charge is 0.495 e. The topological polar surface area (TPSA) is 59.9 Å². The Labute approximate surface area is 119 Å². The fourth-order valence-electron chi connectivity index (χ4n) is 1.95. The Hall–Kier alpha value is -2.17. The molecule has 0 aliphatic rings. The molecule has 0 saturated heterocycles. The van der Waals surface area contributed by atoms with E-state index in [-0.39, 0.29) is 0 Å². The lowest BCUT2D eigenvalue weighted by Gasteiger charge is -2.12. The quantitative estimate of drug-likeness (QED) is 0.906. The number of methoxy groups -OCH3 is 1. The SMILES string of the molecule is CCCNc1nnc(-c2cncc(OC)c2)c(C)c1C. The maximum atomic E-state index is 5.20. The van der Waals surface area contributed by atoms with Crippen molar-refractivity contribution >= 4 is 5.82 Å². The fraction of sp³-hybridized carbons (Fsp3) is 0.400. The Morgan fingerprint density at radius 2 is 1.95 bits per heavy atom. The number of aromatic nitrogens is 3. The molecule has 0 fully saturated rings. The molecular weight excluding hydrogens is 252 g/mol. The number of hydrogen-bond acceptors (Lipinski definition) is 5. The summed E-state index contributed by atoms with van der Waals surface area (Å²) in [5, 5.41) is 11.9. The van der Waals surface area contributed by atoms with E-state index in [9.17, 15) is 0 Å². The first-order valence-corrected chi connectivity index (χ1v) is 6.74. The summed E-state index contributed by atoms with van der Waals surface area (Å²) in [5.41, 5.74) is 3.98. The first-order valence-electron chi connectivity index (χ1n) is 6.74. The van der Waals surface area contributed by atoms with Gasteiger partial charge in [0.15, 0.2) is 5.82 Å². The molecule has 2 rings (SSSR count). The Balaban J connectivity index is 2.40. The van der Waals surface area contributed by atoms with Gasteiger partial charge in [-0.3, -0.25) is 4.98 Å². The van der Waals surface area contributed by atoms with Crippen molar-refractivity contribution < 1.29 is 4.74 Å². The van der Waals surface area contributed by atoms with Gasteiger partial charge in [0.1, 0.15) is 5.75 Å². The molecule has 5 nitrogen and oxygen atoms in total. The molecule has 2 aromatic heterocycles. The monoisotopic (exact) mass is 272 g/mol. The minimum Gasteiger partial charge on any atom is -0.495 e. The van der Waals surface area contributed by atoms with Crippen LogP contribution in [0.1, 0.15) is 24.5 Å². The number of pyridine rings is 1. The lowest BCUT2D eigenvalue weighted by Crippen LogP contribution is -2.07. The standard InChI is InChI=1S/C15H20N4O/c1-5-6-17-15-11(3)10(2)14(18-19-15)12-7-13(20-4)9-16-8-12/h7-9H,5-6H2,1-4H3,(H,17,19). The van der Waals surface area contributed by atoms with Gasteiger partial charge >= 0.3 is 0 Å². The molecule has 0 atom stereocenters. The third-order valence-electron chi connectivity index (χ3n) is 3.29. The number of anilines is 1. The Morgan fingerprint density at radius 3 is 2.65 bits per heavy atom. The average molecular weight is 272 g/mol. The third-order valence-corrected chi connectivity index (χ3v) is 3.29. The van der Waals surface area contributed by atoms with Crippen LogP contribution in [0.4, 0.5) is 5.82 Å². The van der Waals surface area contributed by atoms with Crippen LogP contribution >= 0.6 is 0 Å². The highest BCUT2D eigenvalue weighted by atomic mass is 16.5. The summed E-state index contributed by atoms with van der Waals surface area (Å²) in [4.78, 5) is 4.17. The van der Waals surface area contributed by atoms with Gasteiger partial charge in [-0.25, -0.2) is 0 Å². The van der Waals surface area contributed by atoms with Crippen LogP contribution in [-0.4, -0.2) is 28.8 Å². The van der Waals surface area contributed by atoms with E-state index in [1.807, 2.05) is 6.07 Å². The van der Waals surface area contributed by atoms with Crippen LogP contribution in [-0.2, 0) is 0 Å².